The van der Waals surface area contributed by atoms with Crippen LogP contribution in [0.5, 0.6) is 0 Å². The normalized spacial score (nSPS) is 12.1. The number of rotatable bonds is 4. The molecule has 1 unspecified atom stereocenters. The number of hydrogen-bond donors (Lipinski definition) is 0. The number of halogens is 1. The van der Waals surface area contributed by atoms with Gasteiger partial charge in [0.15, 0.2) is 6.10 Å². The van der Waals surface area contributed by atoms with Crippen molar-refractivity contribution in [3.8, 4) is 11.5 Å². The summed E-state index contributed by atoms with van der Waals surface area (Å²) in [6.07, 6.45) is -0.613. The Morgan fingerprint density at radius 3 is 2.68 bits per heavy atom. The van der Waals surface area contributed by atoms with E-state index in [1.54, 1.807) is 19.1 Å². The van der Waals surface area contributed by atoms with Crippen LogP contribution in [0.1, 0.15) is 28.6 Å². The highest BCUT2D eigenvalue weighted by Gasteiger charge is 2.20. The fourth-order valence-electron chi connectivity index (χ4n) is 1.79. The number of benzene rings is 1. The number of esters is 1. The fourth-order valence-corrected chi connectivity index (χ4v) is 3.06. The molecule has 5 nitrogen and oxygen atoms in total. The Morgan fingerprint density at radius 2 is 2.00 bits per heavy atom. The van der Waals surface area contributed by atoms with Crippen LogP contribution in [0.3, 0.4) is 0 Å². The summed E-state index contributed by atoms with van der Waals surface area (Å²) in [5, 5.41) is 7.92. The topological polar surface area (TPSA) is 65.2 Å². The quantitative estimate of drug-likeness (QED) is 0.626. The molecule has 0 aliphatic rings. The van der Waals surface area contributed by atoms with Crippen LogP contribution >= 0.6 is 27.3 Å². The molecule has 0 fully saturated rings. The van der Waals surface area contributed by atoms with Gasteiger partial charge in [0.2, 0.25) is 5.89 Å². The monoisotopic (exact) mass is 378 g/mol. The molecule has 0 spiro atoms. The average molecular weight is 379 g/mol. The Balaban J connectivity index is 1.72. The average Bonchev–Trinajstić information content (AvgIpc) is 3.17. The van der Waals surface area contributed by atoms with Crippen LogP contribution < -0.4 is 0 Å². The van der Waals surface area contributed by atoms with Crippen molar-refractivity contribution in [3.63, 3.8) is 0 Å². The van der Waals surface area contributed by atoms with Gasteiger partial charge in [0.05, 0.1) is 3.79 Å². The van der Waals surface area contributed by atoms with Gasteiger partial charge >= 0.3 is 5.97 Å². The van der Waals surface area contributed by atoms with E-state index in [1.807, 2.05) is 30.3 Å². The molecule has 7 heteroatoms. The van der Waals surface area contributed by atoms with Crippen molar-refractivity contribution < 1.29 is 13.9 Å². The first-order chi connectivity index (χ1) is 10.6. The van der Waals surface area contributed by atoms with E-state index in [0.717, 1.165) is 9.35 Å². The summed E-state index contributed by atoms with van der Waals surface area (Å²) >= 11 is 4.62. The van der Waals surface area contributed by atoms with Crippen molar-refractivity contribution in [2.24, 2.45) is 0 Å². The lowest BCUT2D eigenvalue weighted by Crippen LogP contribution is -2.08. The largest absolute Gasteiger partial charge is 0.448 e. The van der Waals surface area contributed by atoms with Crippen LogP contribution in [0.25, 0.3) is 11.5 Å². The Labute approximate surface area is 139 Å². The molecule has 112 valence electrons. The molecule has 0 saturated carbocycles. The predicted octanol–water partition coefficient (Wildman–Crippen LogP) is 4.48. The first-order valence-electron chi connectivity index (χ1n) is 6.48. The number of carbonyl (C=O) groups excluding carboxylic acids is 1. The lowest BCUT2D eigenvalue weighted by Gasteiger charge is -2.07. The van der Waals surface area contributed by atoms with E-state index < -0.39 is 12.1 Å². The van der Waals surface area contributed by atoms with Gasteiger partial charge in [-0.25, -0.2) is 4.79 Å². The van der Waals surface area contributed by atoms with E-state index in [1.165, 1.54) is 11.3 Å². The van der Waals surface area contributed by atoms with Crippen LogP contribution in [0.15, 0.2) is 50.7 Å². The van der Waals surface area contributed by atoms with Crippen LogP contribution in [-0.2, 0) is 4.74 Å². The first kappa shape index (κ1) is 14.9. The molecule has 0 amide bonds. The number of ether oxygens (including phenoxy) is 1. The number of hydrogen-bond acceptors (Lipinski definition) is 6. The molecule has 0 aliphatic carbocycles. The fraction of sp³-hybridized carbons (Fsp3) is 0.133. The Morgan fingerprint density at radius 1 is 1.23 bits per heavy atom. The minimum absolute atomic E-state index is 0.267. The zero-order valence-electron chi connectivity index (χ0n) is 11.5. The molecule has 2 heterocycles. The maximum atomic E-state index is 12.0. The highest BCUT2D eigenvalue weighted by atomic mass is 79.9. The minimum atomic E-state index is -0.613. The van der Waals surface area contributed by atoms with Crippen LogP contribution in [-0.4, -0.2) is 16.2 Å². The molecular weight excluding hydrogens is 368 g/mol. The predicted molar refractivity (Wildman–Crippen MR) is 85.6 cm³/mol. The van der Waals surface area contributed by atoms with Gasteiger partial charge in [-0.1, -0.05) is 18.2 Å². The number of thiophene rings is 1. The smallest absolute Gasteiger partial charge is 0.349 e. The van der Waals surface area contributed by atoms with E-state index in [-0.39, 0.29) is 5.89 Å². The number of aromatic nitrogens is 2. The first-order valence-corrected chi connectivity index (χ1v) is 8.09. The number of nitrogens with zero attached hydrogens (tertiary/aromatic N) is 2. The second-order valence-electron chi connectivity index (χ2n) is 4.46. The third kappa shape index (κ3) is 3.26. The van der Waals surface area contributed by atoms with Gasteiger partial charge in [-0.15, -0.1) is 21.5 Å². The molecule has 0 N–H and O–H groups in total. The zero-order chi connectivity index (χ0) is 15.5. The summed E-state index contributed by atoms with van der Waals surface area (Å²) in [5.74, 6) is 0.253. The van der Waals surface area contributed by atoms with E-state index in [2.05, 4.69) is 26.1 Å². The van der Waals surface area contributed by atoms with E-state index in [4.69, 9.17) is 9.15 Å². The van der Waals surface area contributed by atoms with E-state index >= 15 is 0 Å². The summed E-state index contributed by atoms with van der Waals surface area (Å²) in [7, 11) is 0. The van der Waals surface area contributed by atoms with E-state index in [0.29, 0.717) is 10.8 Å². The molecule has 3 rings (SSSR count). The summed E-state index contributed by atoms with van der Waals surface area (Å²) in [4.78, 5) is 12.5. The van der Waals surface area contributed by atoms with E-state index in [9.17, 15) is 4.79 Å². The van der Waals surface area contributed by atoms with Gasteiger partial charge in [-0.2, -0.15) is 0 Å². The molecule has 1 aromatic carbocycles. The van der Waals surface area contributed by atoms with Gasteiger partial charge in [0.1, 0.15) is 4.88 Å². The summed E-state index contributed by atoms with van der Waals surface area (Å²) < 4.78 is 11.8. The Bertz CT molecular complexity index is 785. The minimum Gasteiger partial charge on any atom is -0.448 e. The van der Waals surface area contributed by atoms with Crippen molar-refractivity contribution in [2.45, 2.75) is 13.0 Å². The molecule has 0 aliphatic heterocycles. The summed E-state index contributed by atoms with van der Waals surface area (Å²) in [6, 6.07) is 12.9. The lowest BCUT2D eigenvalue weighted by molar-refractivity contribution is 0.0285. The Kier molecular flexibility index (Phi) is 4.35. The SMILES string of the molecule is CC(OC(=O)c1ccc(Br)s1)c1nnc(-c2ccccc2)o1. The molecule has 2 aromatic heterocycles. The van der Waals surface area contributed by atoms with Crippen LogP contribution in [0.4, 0.5) is 0 Å². The van der Waals surface area contributed by atoms with Gasteiger partial charge in [-0.3, -0.25) is 0 Å². The van der Waals surface area contributed by atoms with Gasteiger partial charge in [-0.05, 0) is 47.1 Å². The van der Waals surface area contributed by atoms with Crippen LogP contribution in [0, 0.1) is 0 Å². The molecule has 3 aromatic rings. The molecule has 1 atom stereocenters. The summed E-state index contributed by atoms with van der Waals surface area (Å²) in [6.45, 7) is 1.70. The number of carbonyl (C=O) groups is 1. The molecule has 0 saturated heterocycles. The van der Waals surface area contributed by atoms with Crippen molar-refractivity contribution in [2.75, 3.05) is 0 Å². The second kappa shape index (κ2) is 6.41. The standard InChI is InChI=1S/C15H11BrN2O3S/c1-9(20-15(19)11-7-8-12(16)22-11)13-17-18-14(21-13)10-5-3-2-4-6-10/h2-9H,1H3. The maximum absolute atomic E-state index is 12.0. The van der Waals surface area contributed by atoms with Crippen molar-refractivity contribution in [1.29, 1.82) is 0 Å². The molecular formula is C15H11BrN2O3S. The van der Waals surface area contributed by atoms with Gasteiger partial charge in [0, 0.05) is 5.56 Å². The molecule has 0 radical (unpaired) electrons. The van der Waals surface area contributed by atoms with Crippen LogP contribution in [0.2, 0.25) is 0 Å². The Hall–Kier alpha value is -1.99. The highest BCUT2D eigenvalue weighted by Crippen LogP contribution is 2.26. The molecule has 22 heavy (non-hydrogen) atoms. The van der Waals surface area contributed by atoms with Gasteiger partial charge in [0.25, 0.3) is 5.89 Å². The third-order valence-corrected chi connectivity index (χ3v) is 4.47. The van der Waals surface area contributed by atoms with Crippen molar-refractivity contribution in [1.82, 2.24) is 10.2 Å². The van der Waals surface area contributed by atoms with Gasteiger partial charge < -0.3 is 9.15 Å². The highest BCUT2D eigenvalue weighted by molar-refractivity contribution is 9.11. The molecule has 0 bridgehead atoms. The zero-order valence-corrected chi connectivity index (χ0v) is 13.9. The van der Waals surface area contributed by atoms with Crippen molar-refractivity contribution in [3.05, 3.63) is 57.0 Å². The summed E-state index contributed by atoms with van der Waals surface area (Å²) in [5.41, 5.74) is 0.821. The maximum Gasteiger partial charge on any atom is 0.349 e. The second-order valence-corrected chi connectivity index (χ2v) is 6.93. The van der Waals surface area contributed by atoms with Crippen molar-refractivity contribution >= 4 is 33.2 Å². The lowest BCUT2D eigenvalue weighted by atomic mass is 10.2. The third-order valence-electron chi connectivity index (χ3n) is 2.87.